The summed E-state index contributed by atoms with van der Waals surface area (Å²) in [6, 6.07) is 9.18. The number of hydrogen-bond donors (Lipinski definition) is 2. The van der Waals surface area contributed by atoms with E-state index in [1.807, 2.05) is 17.5 Å². The summed E-state index contributed by atoms with van der Waals surface area (Å²) in [6.07, 6.45) is 1.51. The highest BCUT2D eigenvalue weighted by Crippen LogP contribution is 2.21. The molecule has 126 valence electrons. The Kier molecular flexibility index (Phi) is 5.10. The Morgan fingerprint density at radius 1 is 1.17 bits per heavy atom. The van der Waals surface area contributed by atoms with Crippen molar-refractivity contribution in [1.29, 1.82) is 0 Å². The molecule has 7 heteroatoms. The average molecular weight is 347 g/mol. The van der Waals surface area contributed by atoms with Gasteiger partial charge in [-0.25, -0.2) is 9.18 Å². The normalized spacial score (nSPS) is 17.4. The van der Waals surface area contributed by atoms with Crippen molar-refractivity contribution in [1.82, 2.24) is 4.90 Å². The molecule has 1 fully saturated rings. The molecule has 0 saturated carbocycles. The first-order valence-corrected chi connectivity index (χ1v) is 8.65. The molecule has 2 heterocycles. The van der Waals surface area contributed by atoms with Gasteiger partial charge in [0.05, 0.1) is 10.9 Å². The maximum atomic E-state index is 12.9. The van der Waals surface area contributed by atoms with Crippen molar-refractivity contribution in [3.63, 3.8) is 0 Å². The summed E-state index contributed by atoms with van der Waals surface area (Å²) in [6.45, 7) is 1.02. The highest BCUT2D eigenvalue weighted by Gasteiger charge is 2.28. The number of carbonyl (C=O) groups excluding carboxylic acids is 2. The number of likely N-dealkylation sites (tertiary alicyclic amines) is 1. The van der Waals surface area contributed by atoms with Crippen LogP contribution in [0.4, 0.5) is 19.9 Å². The number of benzene rings is 1. The molecule has 1 aromatic heterocycles. The van der Waals surface area contributed by atoms with E-state index in [1.54, 1.807) is 4.90 Å². The number of piperidine rings is 1. The third kappa shape index (κ3) is 4.11. The van der Waals surface area contributed by atoms with Crippen molar-refractivity contribution in [2.24, 2.45) is 5.92 Å². The SMILES string of the molecule is O=C(Nc1ccc(F)cc1)C1CCCN(C(=O)Nc2cccs2)C1. The zero-order valence-electron chi connectivity index (χ0n) is 13.0. The number of amides is 3. The van der Waals surface area contributed by atoms with E-state index in [9.17, 15) is 14.0 Å². The van der Waals surface area contributed by atoms with Gasteiger partial charge < -0.3 is 10.2 Å². The van der Waals surface area contributed by atoms with Gasteiger partial charge in [-0.05, 0) is 54.6 Å². The summed E-state index contributed by atoms with van der Waals surface area (Å²) in [4.78, 5) is 26.3. The van der Waals surface area contributed by atoms with E-state index < -0.39 is 0 Å². The van der Waals surface area contributed by atoms with Crippen LogP contribution in [0.15, 0.2) is 41.8 Å². The number of halogens is 1. The molecule has 0 bridgehead atoms. The first-order valence-electron chi connectivity index (χ1n) is 7.77. The largest absolute Gasteiger partial charge is 0.326 e. The van der Waals surface area contributed by atoms with Gasteiger partial charge in [-0.3, -0.25) is 10.1 Å². The third-order valence-electron chi connectivity index (χ3n) is 3.94. The molecular formula is C17H18FN3O2S. The Labute approximate surface area is 143 Å². The Hall–Kier alpha value is -2.41. The summed E-state index contributed by atoms with van der Waals surface area (Å²) in [5.41, 5.74) is 0.557. The molecule has 3 rings (SSSR count). The zero-order chi connectivity index (χ0) is 16.9. The lowest BCUT2D eigenvalue weighted by Crippen LogP contribution is -2.45. The van der Waals surface area contributed by atoms with Crippen molar-refractivity contribution in [2.75, 3.05) is 23.7 Å². The van der Waals surface area contributed by atoms with Crippen LogP contribution in [0, 0.1) is 11.7 Å². The van der Waals surface area contributed by atoms with Gasteiger partial charge in [0.25, 0.3) is 0 Å². The molecule has 24 heavy (non-hydrogen) atoms. The zero-order valence-corrected chi connectivity index (χ0v) is 13.8. The molecule has 0 spiro atoms. The van der Waals surface area contributed by atoms with Crippen molar-refractivity contribution in [2.45, 2.75) is 12.8 Å². The fourth-order valence-electron chi connectivity index (χ4n) is 2.69. The summed E-state index contributed by atoms with van der Waals surface area (Å²) in [5.74, 6) is -0.754. The summed E-state index contributed by atoms with van der Waals surface area (Å²) < 4.78 is 12.9. The van der Waals surface area contributed by atoms with E-state index >= 15 is 0 Å². The van der Waals surface area contributed by atoms with Crippen LogP contribution in [-0.2, 0) is 4.79 Å². The highest BCUT2D eigenvalue weighted by molar-refractivity contribution is 7.14. The van der Waals surface area contributed by atoms with Gasteiger partial charge in [0, 0.05) is 18.8 Å². The van der Waals surface area contributed by atoms with Crippen molar-refractivity contribution < 1.29 is 14.0 Å². The van der Waals surface area contributed by atoms with Crippen molar-refractivity contribution in [3.05, 3.63) is 47.6 Å². The molecule has 1 aliphatic rings. The van der Waals surface area contributed by atoms with Crippen LogP contribution in [0.5, 0.6) is 0 Å². The van der Waals surface area contributed by atoms with Gasteiger partial charge in [-0.15, -0.1) is 11.3 Å². The van der Waals surface area contributed by atoms with E-state index in [0.29, 0.717) is 18.8 Å². The van der Waals surface area contributed by atoms with Crippen LogP contribution in [0.3, 0.4) is 0 Å². The first-order chi connectivity index (χ1) is 11.6. The molecule has 1 atom stereocenters. The van der Waals surface area contributed by atoms with Gasteiger partial charge in [-0.2, -0.15) is 0 Å². The number of anilines is 2. The van der Waals surface area contributed by atoms with E-state index in [-0.39, 0.29) is 23.7 Å². The van der Waals surface area contributed by atoms with E-state index in [1.165, 1.54) is 35.6 Å². The Balaban J connectivity index is 1.57. The quantitative estimate of drug-likeness (QED) is 0.888. The third-order valence-corrected chi connectivity index (χ3v) is 4.73. The minimum atomic E-state index is -0.345. The lowest BCUT2D eigenvalue weighted by molar-refractivity contribution is -0.121. The predicted octanol–water partition coefficient (Wildman–Crippen LogP) is 3.77. The van der Waals surface area contributed by atoms with Crippen LogP contribution in [0.1, 0.15) is 12.8 Å². The molecule has 2 aromatic rings. The fourth-order valence-corrected chi connectivity index (χ4v) is 3.29. The second-order valence-electron chi connectivity index (χ2n) is 5.69. The van der Waals surface area contributed by atoms with Crippen LogP contribution < -0.4 is 10.6 Å². The van der Waals surface area contributed by atoms with E-state index in [4.69, 9.17) is 0 Å². The maximum Gasteiger partial charge on any atom is 0.322 e. The number of urea groups is 1. The first kappa shape index (κ1) is 16.4. The highest BCUT2D eigenvalue weighted by atomic mass is 32.1. The lowest BCUT2D eigenvalue weighted by atomic mass is 9.97. The molecule has 0 aliphatic carbocycles. The predicted molar refractivity (Wildman–Crippen MR) is 92.7 cm³/mol. The fraction of sp³-hybridized carbons (Fsp3) is 0.294. The number of thiophene rings is 1. The van der Waals surface area contributed by atoms with Crippen molar-refractivity contribution in [3.8, 4) is 0 Å². The Morgan fingerprint density at radius 3 is 2.67 bits per heavy atom. The van der Waals surface area contributed by atoms with Crippen LogP contribution >= 0.6 is 11.3 Å². The van der Waals surface area contributed by atoms with Gasteiger partial charge in [0.15, 0.2) is 0 Å². The standard InChI is InChI=1S/C17H18FN3O2S/c18-13-5-7-14(8-6-13)19-16(22)12-3-1-9-21(11-12)17(23)20-15-4-2-10-24-15/h2,4-8,10,12H,1,3,9,11H2,(H,19,22)(H,20,23). The second-order valence-corrected chi connectivity index (χ2v) is 6.64. The van der Waals surface area contributed by atoms with Gasteiger partial charge in [-0.1, -0.05) is 0 Å². The Bertz CT molecular complexity index is 703. The minimum Gasteiger partial charge on any atom is -0.326 e. The molecule has 1 aliphatic heterocycles. The number of hydrogen-bond acceptors (Lipinski definition) is 3. The minimum absolute atomic E-state index is 0.143. The second kappa shape index (κ2) is 7.44. The summed E-state index contributed by atoms with van der Waals surface area (Å²) >= 11 is 1.46. The molecule has 1 unspecified atom stereocenters. The number of nitrogens with zero attached hydrogens (tertiary/aromatic N) is 1. The van der Waals surface area contributed by atoms with Gasteiger partial charge in [0.2, 0.25) is 5.91 Å². The smallest absolute Gasteiger partial charge is 0.322 e. The molecule has 2 N–H and O–H groups in total. The molecule has 0 radical (unpaired) electrons. The molecule has 1 saturated heterocycles. The molecular weight excluding hydrogens is 329 g/mol. The summed E-state index contributed by atoms with van der Waals surface area (Å²) in [5, 5.41) is 8.30. The molecule has 1 aromatic carbocycles. The van der Waals surface area contributed by atoms with Crippen molar-refractivity contribution >= 4 is 34.0 Å². The van der Waals surface area contributed by atoms with E-state index in [0.717, 1.165) is 17.8 Å². The van der Waals surface area contributed by atoms with Crippen LogP contribution in [0.2, 0.25) is 0 Å². The summed E-state index contributed by atoms with van der Waals surface area (Å²) in [7, 11) is 0. The van der Waals surface area contributed by atoms with Gasteiger partial charge >= 0.3 is 6.03 Å². The number of nitrogens with one attached hydrogen (secondary N) is 2. The Morgan fingerprint density at radius 2 is 1.96 bits per heavy atom. The lowest BCUT2D eigenvalue weighted by Gasteiger charge is -2.31. The maximum absolute atomic E-state index is 12.9. The average Bonchev–Trinajstić information content (AvgIpc) is 3.10. The number of carbonyl (C=O) groups is 2. The van der Waals surface area contributed by atoms with E-state index in [2.05, 4.69) is 10.6 Å². The number of rotatable bonds is 3. The van der Waals surface area contributed by atoms with Gasteiger partial charge in [0.1, 0.15) is 5.82 Å². The van der Waals surface area contributed by atoms with Crippen LogP contribution in [0.25, 0.3) is 0 Å². The molecule has 5 nitrogen and oxygen atoms in total. The van der Waals surface area contributed by atoms with Crippen LogP contribution in [-0.4, -0.2) is 29.9 Å². The molecule has 3 amide bonds. The monoisotopic (exact) mass is 347 g/mol. The topological polar surface area (TPSA) is 61.4 Å².